The molecule has 1 amide bonds. The Bertz CT molecular complexity index is 687. The van der Waals surface area contributed by atoms with Crippen LogP contribution in [-0.2, 0) is 14.6 Å². The van der Waals surface area contributed by atoms with Gasteiger partial charge in [-0.3, -0.25) is 9.78 Å². The van der Waals surface area contributed by atoms with Crippen molar-refractivity contribution in [3.05, 3.63) is 47.6 Å². The fourth-order valence-electron chi connectivity index (χ4n) is 1.79. The number of alkyl halides is 1. The predicted molar refractivity (Wildman–Crippen MR) is 82.2 cm³/mol. The van der Waals surface area contributed by atoms with Crippen molar-refractivity contribution >= 4 is 38.7 Å². The summed E-state index contributed by atoms with van der Waals surface area (Å²) in [6, 6.07) is 6.56. The van der Waals surface area contributed by atoms with Crippen LogP contribution in [0.15, 0.2) is 46.2 Å². The van der Waals surface area contributed by atoms with E-state index in [0.717, 1.165) is 11.3 Å². The second-order valence-corrected chi connectivity index (χ2v) is 7.76. The lowest BCUT2D eigenvalue weighted by Gasteiger charge is -2.17. The van der Waals surface area contributed by atoms with Gasteiger partial charge < -0.3 is 5.32 Å². The highest BCUT2D eigenvalue weighted by Crippen LogP contribution is 2.30. The van der Waals surface area contributed by atoms with Gasteiger partial charge in [0.05, 0.1) is 0 Å². The van der Waals surface area contributed by atoms with E-state index in [1.165, 1.54) is 6.20 Å². The highest BCUT2D eigenvalue weighted by Gasteiger charge is 2.30. The third-order valence-electron chi connectivity index (χ3n) is 2.81. The van der Waals surface area contributed by atoms with Gasteiger partial charge in [-0.1, -0.05) is 12.1 Å². The van der Waals surface area contributed by atoms with Gasteiger partial charge >= 0.3 is 0 Å². The predicted octanol–water partition coefficient (Wildman–Crippen LogP) is 2.01. The van der Waals surface area contributed by atoms with E-state index >= 15 is 0 Å². The molecular weight excluding hydrogens is 332 g/mol. The zero-order valence-corrected chi connectivity index (χ0v) is 13.3. The number of rotatable bonds is 6. The van der Waals surface area contributed by atoms with Crippen molar-refractivity contribution in [3.63, 3.8) is 0 Å². The molecule has 0 aliphatic rings. The third-order valence-corrected chi connectivity index (χ3v) is 6.59. The van der Waals surface area contributed by atoms with Gasteiger partial charge in [-0.25, -0.2) is 8.42 Å². The minimum atomic E-state index is -3.59. The molecule has 21 heavy (non-hydrogen) atoms. The lowest BCUT2D eigenvalue weighted by Crippen LogP contribution is -2.32. The van der Waals surface area contributed by atoms with Gasteiger partial charge in [-0.2, -0.15) is 0 Å². The number of hydrogen-bond acceptors (Lipinski definition) is 5. The maximum atomic E-state index is 12.7. The Morgan fingerprint density at radius 1 is 1.38 bits per heavy atom. The molecule has 0 radical (unpaired) electrons. The van der Waals surface area contributed by atoms with Gasteiger partial charge in [0.1, 0.15) is 15.3 Å². The largest absolute Gasteiger partial charge is 0.353 e. The van der Waals surface area contributed by atoms with Crippen molar-refractivity contribution in [3.8, 4) is 0 Å². The van der Waals surface area contributed by atoms with E-state index in [4.69, 9.17) is 11.6 Å². The zero-order chi connectivity index (χ0) is 15.3. The summed E-state index contributed by atoms with van der Waals surface area (Å²) < 4.78 is 25.6. The van der Waals surface area contributed by atoms with E-state index in [2.05, 4.69) is 10.3 Å². The molecule has 0 unspecified atom stereocenters. The molecule has 0 fully saturated rings. The first-order valence-electron chi connectivity index (χ1n) is 6.05. The summed E-state index contributed by atoms with van der Waals surface area (Å²) in [6.45, 7) is -0.0442. The molecular formula is C13H13ClN2O3S2. The van der Waals surface area contributed by atoms with Crippen molar-refractivity contribution in [1.29, 1.82) is 0 Å². The van der Waals surface area contributed by atoms with Crippen LogP contribution in [0.5, 0.6) is 0 Å². The highest BCUT2D eigenvalue weighted by molar-refractivity contribution is 7.93. The molecule has 0 spiro atoms. The minimum Gasteiger partial charge on any atom is -0.353 e. The topological polar surface area (TPSA) is 76.1 Å². The molecule has 8 heteroatoms. The molecule has 1 atom stereocenters. The quantitative estimate of drug-likeness (QED) is 0.813. The first-order valence-corrected chi connectivity index (χ1v) is 9.01. The van der Waals surface area contributed by atoms with Gasteiger partial charge in [0.15, 0.2) is 9.84 Å². The summed E-state index contributed by atoms with van der Waals surface area (Å²) in [5.41, 5.74) is 0.528. The molecule has 2 aromatic heterocycles. The fourth-order valence-corrected chi connectivity index (χ4v) is 4.74. The van der Waals surface area contributed by atoms with Gasteiger partial charge in [0.25, 0.3) is 0 Å². The number of sulfone groups is 1. The number of carbonyl (C=O) groups excluding carboxylic acids is 1. The van der Waals surface area contributed by atoms with Crippen LogP contribution >= 0.6 is 22.9 Å². The van der Waals surface area contributed by atoms with Gasteiger partial charge in [0.2, 0.25) is 5.91 Å². The summed E-state index contributed by atoms with van der Waals surface area (Å²) >= 11 is 6.57. The Labute approximate surface area is 131 Å². The average Bonchev–Trinajstić information content (AvgIpc) is 3.03. The molecule has 0 aliphatic carbocycles. The molecule has 0 aliphatic heterocycles. The van der Waals surface area contributed by atoms with Crippen LogP contribution in [0, 0.1) is 0 Å². The number of thiophene rings is 1. The smallest absolute Gasteiger partial charge is 0.234 e. The summed E-state index contributed by atoms with van der Waals surface area (Å²) in [5, 5.41) is 3.33. The first kappa shape index (κ1) is 15.9. The standard InChI is InChI=1S/C13H13ClN2O3S2/c14-7-12(17)16-9-11(10-3-1-5-15-8-10)21(18,19)13-4-2-6-20-13/h1-6,8,11H,7,9H2,(H,16,17)/t11-/m1/s1. The van der Waals surface area contributed by atoms with Crippen LogP contribution in [0.2, 0.25) is 0 Å². The summed E-state index contributed by atoms with van der Waals surface area (Å²) in [5.74, 6) is -0.620. The van der Waals surface area contributed by atoms with Crippen molar-refractivity contribution in [2.75, 3.05) is 12.4 Å². The minimum absolute atomic E-state index is 0.0442. The lowest BCUT2D eigenvalue weighted by molar-refractivity contribution is -0.118. The Hall–Kier alpha value is -1.44. The Kier molecular flexibility index (Phi) is 5.33. The summed E-state index contributed by atoms with van der Waals surface area (Å²) in [7, 11) is -3.59. The number of nitrogens with zero attached hydrogens (tertiary/aromatic N) is 1. The van der Waals surface area contributed by atoms with Crippen LogP contribution < -0.4 is 5.32 Å². The van der Waals surface area contributed by atoms with Crippen LogP contribution in [0.3, 0.4) is 0 Å². The van der Waals surface area contributed by atoms with Crippen LogP contribution in [0.1, 0.15) is 10.8 Å². The van der Waals surface area contributed by atoms with E-state index < -0.39 is 21.0 Å². The van der Waals surface area contributed by atoms with E-state index in [1.54, 1.807) is 35.8 Å². The number of aromatic nitrogens is 1. The number of pyridine rings is 1. The second-order valence-electron chi connectivity index (χ2n) is 4.19. The molecule has 5 nitrogen and oxygen atoms in total. The van der Waals surface area contributed by atoms with Crippen LogP contribution in [0.4, 0.5) is 0 Å². The number of amides is 1. The van der Waals surface area contributed by atoms with Gasteiger partial charge in [-0.15, -0.1) is 22.9 Å². The maximum absolute atomic E-state index is 12.7. The van der Waals surface area contributed by atoms with Crippen molar-refractivity contribution in [2.45, 2.75) is 9.46 Å². The maximum Gasteiger partial charge on any atom is 0.234 e. The monoisotopic (exact) mass is 344 g/mol. The average molecular weight is 345 g/mol. The third kappa shape index (κ3) is 3.81. The van der Waals surface area contributed by atoms with Gasteiger partial charge in [-0.05, 0) is 23.1 Å². The Morgan fingerprint density at radius 3 is 2.76 bits per heavy atom. The zero-order valence-electron chi connectivity index (χ0n) is 10.9. The van der Waals surface area contributed by atoms with Crippen molar-refractivity contribution in [1.82, 2.24) is 10.3 Å². The lowest BCUT2D eigenvalue weighted by atomic mass is 10.2. The number of carbonyl (C=O) groups is 1. The van der Waals surface area contributed by atoms with Crippen molar-refractivity contribution in [2.24, 2.45) is 0 Å². The molecule has 0 aromatic carbocycles. The number of nitrogens with one attached hydrogen (secondary N) is 1. The molecule has 112 valence electrons. The SMILES string of the molecule is O=C(CCl)NC[C@H](c1cccnc1)S(=O)(=O)c1cccs1. The number of halogens is 1. The second kappa shape index (κ2) is 7.02. The molecule has 1 N–H and O–H groups in total. The Morgan fingerprint density at radius 2 is 2.19 bits per heavy atom. The molecule has 0 bridgehead atoms. The molecule has 0 saturated carbocycles. The summed E-state index contributed by atoms with van der Waals surface area (Å²) in [4.78, 5) is 15.3. The van der Waals surface area contributed by atoms with Crippen molar-refractivity contribution < 1.29 is 13.2 Å². The highest BCUT2D eigenvalue weighted by atomic mass is 35.5. The van der Waals surface area contributed by atoms with E-state index in [1.807, 2.05) is 0 Å². The van der Waals surface area contributed by atoms with Crippen LogP contribution in [0.25, 0.3) is 0 Å². The normalized spacial score (nSPS) is 12.8. The first-order chi connectivity index (χ1) is 10.1. The van der Waals surface area contributed by atoms with Gasteiger partial charge in [0, 0.05) is 18.9 Å². The van der Waals surface area contributed by atoms with E-state index in [0.29, 0.717) is 5.56 Å². The van der Waals surface area contributed by atoms with E-state index in [9.17, 15) is 13.2 Å². The molecule has 2 aromatic rings. The molecule has 2 rings (SSSR count). The fraction of sp³-hybridized carbons (Fsp3) is 0.231. The summed E-state index contributed by atoms with van der Waals surface area (Å²) in [6.07, 6.45) is 3.05. The van der Waals surface area contributed by atoms with Crippen LogP contribution in [-0.4, -0.2) is 31.7 Å². The number of hydrogen-bond donors (Lipinski definition) is 1. The van der Waals surface area contributed by atoms with E-state index in [-0.39, 0.29) is 16.6 Å². The Balaban J connectivity index is 2.34. The molecule has 0 saturated heterocycles. The molecule has 2 heterocycles.